The highest BCUT2D eigenvalue weighted by Crippen LogP contribution is 2.40. The number of benzene rings is 1. The fourth-order valence-corrected chi connectivity index (χ4v) is 2.56. The second-order valence-corrected chi connectivity index (χ2v) is 4.68. The highest BCUT2D eigenvalue weighted by atomic mass is 16.6. The number of pyridine rings is 1. The highest BCUT2D eigenvalue weighted by Gasteiger charge is 2.25. The lowest BCUT2D eigenvalue weighted by molar-refractivity contribution is 0.169. The fraction of sp³-hybridized carbons (Fsp3) is 0.312. The second kappa shape index (κ2) is 6.01. The van der Waals surface area contributed by atoms with Crippen LogP contribution in [0.4, 0.5) is 0 Å². The zero-order valence-corrected chi connectivity index (χ0v) is 12.1. The van der Waals surface area contributed by atoms with Crippen molar-refractivity contribution in [1.82, 2.24) is 10.3 Å². The van der Waals surface area contributed by atoms with Gasteiger partial charge in [0.2, 0.25) is 0 Å². The monoisotopic (exact) mass is 286 g/mol. The molecule has 1 aliphatic heterocycles. The van der Waals surface area contributed by atoms with Crippen molar-refractivity contribution in [2.24, 2.45) is 0 Å². The second-order valence-electron chi connectivity index (χ2n) is 4.68. The molecule has 0 spiro atoms. The van der Waals surface area contributed by atoms with Gasteiger partial charge in [0.15, 0.2) is 11.5 Å². The lowest BCUT2D eigenvalue weighted by Crippen LogP contribution is -2.23. The lowest BCUT2D eigenvalue weighted by Gasteiger charge is -2.25. The van der Waals surface area contributed by atoms with Crippen molar-refractivity contribution in [3.05, 3.63) is 47.8 Å². The molecular formula is C16H18N2O3. The first-order valence-corrected chi connectivity index (χ1v) is 6.90. The molecule has 2 heterocycles. The molecule has 1 atom stereocenters. The molecular weight excluding hydrogens is 268 g/mol. The van der Waals surface area contributed by atoms with Gasteiger partial charge in [0.1, 0.15) is 24.7 Å². The van der Waals surface area contributed by atoms with E-state index in [1.54, 1.807) is 13.3 Å². The summed E-state index contributed by atoms with van der Waals surface area (Å²) in [5.74, 6) is 2.29. The summed E-state index contributed by atoms with van der Waals surface area (Å²) in [5, 5.41) is 3.28. The number of aromatic nitrogens is 1. The number of methoxy groups -OCH3 is 1. The van der Waals surface area contributed by atoms with E-state index in [4.69, 9.17) is 14.2 Å². The summed E-state index contributed by atoms with van der Waals surface area (Å²) in [6, 6.07) is 9.53. The van der Waals surface area contributed by atoms with Gasteiger partial charge in [-0.25, -0.2) is 0 Å². The molecule has 1 aliphatic rings. The number of hydrogen-bond acceptors (Lipinski definition) is 5. The maximum absolute atomic E-state index is 5.80. The smallest absolute Gasteiger partial charge is 0.166 e. The van der Waals surface area contributed by atoms with Crippen LogP contribution in [-0.4, -0.2) is 32.4 Å². The Morgan fingerprint density at radius 2 is 2.05 bits per heavy atom. The number of para-hydroxylation sites is 1. The zero-order valence-electron chi connectivity index (χ0n) is 12.1. The van der Waals surface area contributed by atoms with Crippen molar-refractivity contribution < 1.29 is 14.2 Å². The van der Waals surface area contributed by atoms with E-state index >= 15 is 0 Å². The summed E-state index contributed by atoms with van der Waals surface area (Å²) in [6.07, 6.45) is 1.76. The molecule has 5 nitrogen and oxygen atoms in total. The number of rotatable bonds is 4. The summed E-state index contributed by atoms with van der Waals surface area (Å²) < 4.78 is 16.9. The molecule has 1 aromatic carbocycles. The fourth-order valence-electron chi connectivity index (χ4n) is 2.56. The molecule has 0 saturated carbocycles. The normalized spacial score (nSPS) is 14.6. The molecule has 0 radical (unpaired) electrons. The topological polar surface area (TPSA) is 52.6 Å². The Morgan fingerprint density at radius 1 is 1.19 bits per heavy atom. The van der Waals surface area contributed by atoms with Gasteiger partial charge < -0.3 is 19.5 Å². The van der Waals surface area contributed by atoms with Gasteiger partial charge in [-0.3, -0.25) is 4.98 Å². The van der Waals surface area contributed by atoms with Crippen molar-refractivity contribution in [2.45, 2.75) is 6.04 Å². The summed E-state index contributed by atoms with van der Waals surface area (Å²) in [5.41, 5.74) is 1.82. The number of hydrogen-bond donors (Lipinski definition) is 1. The molecule has 110 valence electrons. The Labute approximate surface area is 123 Å². The van der Waals surface area contributed by atoms with Crippen molar-refractivity contribution >= 4 is 0 Å². The molecule has 0 saturated heterocycles. The van der Waals surface area contributed by atoms with E-state index in [0.717, 1.165) is 28.5 Å². The van der Waals surface area contributed by atoms with Crippen LogP contribution in [0.5, 0.6) is 17.2 Å². The quantitative estimate of drug-likeness (QED) is 0.933. The third-order valence-electron chi connectivity index (χ3n) is 3.49. The Kier molecular flexibility index (Phi) is 3.92. The first-order chi connectivity index (χ1) is 10.3. The summed E-state index contributed by atoms with van der Waals surface area (Å²) in [6.45, 7) is 1.13. The van der Waals surface area contributed by atoms with Gasteiger partial charge in [-0.2, -0.15) is 0 Å². The molecule has 5 heteroatoms. The van der Waals surface area contributed by atoms with Gasteiger partial charge in [-0.05, 0) is 25.2 Å². The zero-order chi connectivity index (χ0) is 14.7. The Balaban J connectivity index is 2.08. The SMILES string of the molecule is CNC(c1cccc2c1OCCO2)c1ncccc1OC. The molecule has 0 aliphatic carbocycles. The average molecular weight is 286 g/mol. The van der Waals surface area contributed by atoms with Gasteiger partial charge in [-0.1, -0.05) is 12.1 Å². The first-order valence-electron chi connectivity index (χ1n) is 6.90. The van der Waals surface area contributed by atoms with E-state index in [9.17, 15) is 0 Å². The van der Waals surface area contributed by atoms with E-state index in [0.29, 0.717) is 13.2 Å². The van der Waals surface area contributed by atoms with Crippen LogP contribution < -0.4 is 19.5 Å². The summed E-state index contributed by atoms with van der Waals surface area (Å²) in [4.78, 5) is 4.46. The molecule has 0 fully saturated rings. The maximum Gasteiger partial charge on any atom is 0.166 e. The molecule has 21 heavy (non-hydrogen) atoms. The number of fused-ring (bicyclic) bond motifs is 1. The minimum Gasteiger partial charge on any atom is -0.495 e. The highest BCUT2D eigenvalue weighted by molar-refractivity contribution is 5.52. The van der Waals surface area contributed by atoms with Gasteiger partial charge in [0, 0.05) is 11.8 Å². The summed E-state index contributed by atoms with van der Waals surface area (Å²) in [7, 11) is 3.54. The predicted octanol–water partition coefficient (Wildman–Crippen LogP) is 2.17. The van der Waals surface area contributed by atoms with Gasteiger partial charge in [0.25, 0.3) is 0 Å². The van der Waals surface area contributed by atoms with Crippen LogP contribution in [0, 0.1) is 0 Å². The van der Waals surface area contributed by atoms with Crippen LogP contribution in [0.25, 0.3) is 0 Å². The Bertz CT molecular complexity index is 631. The van der Waals surface area contributed by atoms with Gasteiger partial charge in [0.05, 0.1) is 13.2 Å². The number of ether oxygens (including phenoxy) is 3. The van der Waals surface area contributed by atoms with Gasteiger partial charge >= 0.3 is 0 Å². The molecule has 0 amide bonds. The number of nitrogens with one attached hydrogen (secondary N) is 1. The van der Waals surface area contributed by atoms with E-state index < -0.39 is 0 Å². The molecule has 3 rings (SSSR count). The third-order valence-corrected chi connectivity index (χ3v) is 3.49. The molecule has 1 aromatic heterocycles. The van der Waals surface area contributed by atoms with Crippen molar-refractivity contribution in [3.63, 3.8) is 0 Å². The van der Waals surface area contributed by atoms with E-state index in [1.165, 1.54) is 0 Å². The molecule has 1 unspecified atom stereocenters. The maximum atomic E-state index is 5.80. The minimum absolute atomic E-state index is 0.127. The standard InChI is InChI=1S/C16H18N2O3/c1-17-14(15-12(19-2)7-4-8-18-15)11-5-3-6-13-16(11)21-10-9-20-13/h3-8,14,17H,9-10H2,1-2H3. The van der Waals surface area contributed by atoms with Crippen molar-refractivity contribution in [1.29, 1.82) is 0 Å². The predicted molar refractivity (Wildman–Crippen MR) is 79.1 cm³/mol. The van der Waals surface area contributed by atoms with E-state index in [1.807, 2.05) is 37.4 Å². The van der Waals surface area contributed by atoms with Crippen LogP contribution in [0.3, 0.4) is 0 Å². The molecule has 0 bridgehead atoms. The average Bonchev–Trinajstić information content (AvgIpc) is 2.56. The van der Waals surface area contributed by atoms with Gasteiger partial charge in [-0.15, -0.1) is 0 Å². The Morgan fingerprint density at radius 3 is 2.86 bits per heavy atom. The molecule has 2 aromatic rings. The minimum atomic E-state index is -0.127. The largest absolute Gasteiger partial charge is 0.495 e. The summed E-state index contributed by atoms with van der Waals surface area (Å²) >= 11 is 0. The van der Waals surface area contributed by atoms with Crippen LogP contribution in [-0.2, 0) is 0 Å². The number of nitrogens with zero attached hydrogens (tertiary/aromatic N) is 1. The van der Waals surface area contributed by atoms with Crippen LogP contribution >= 0.6 is 0 Å². The Hall–Kier alpha value is -2.27. The van der Waals surface area contributed by atoms with E-state index in [-0.39, 0.29) is 6.04 Å². The van der Waals surface area contributed by atoms with Crippen LogP contribution in [0.1, 0.15) is 17.3 Å². The van der Waals surface area contributed by atoms with Crippen molar-refractivity contribution in [3.8, 4) is 17.2 Å². The lowest BCUT2D eigenvalue weighted by atomic mass is 10.0. The van der Waals surface area contributed by atoms with Crippen LogP contribution in [0.2, 0.25) is 0 Å². The van der Waals surface area contributed by atoms with Crippen LogP contribution in [0.15, 0.2) is 36.5 Å². The third kappa shape index (κ3) is 2.52. The van der Waals surface area contributed by atoms with E-state index in [2.05, 4.69) is 10.3 Å². The van der Waals surface area contributed by atoms with Crippen molar-refractivity contribution in [2.75, 3.05) is 27.4 Å². The molecule has 1 N–H and O–H groups in total. The first kappa shape index (κ1) is 13.7.